The molecule has 0 aromatic heterocycles. The van der Waals surface area contributed by atoms with E-state index >= 15 is 0 Å². The molecule has 3 nitrogen and oxygen atoms in total. The van der Waals surface area contributed by atoms with Gasteiger partial charge in [-0.25, -0.2) is 0 Å². The Bertz CT molecular complexity index is 504. The average Bonchev–Trinajstić information content (AvgIpc) is 2.27. The highest BCUT2D eigenvalue weighted by molar-refractivity contribution is 8.00. The number of hydrogen-bond acceptors (Lipinski definition) is 2. The van der Waals surface area contributed by atoms with Gasteiger partial charge in [-0.1, -0.05) is 42.2 Å². The van der Waals surface area contributed by atoms with Gasteiger partial charge in [0, 0.05) is 5.25 Å². The molecule has 1 aromatic carbocycles. The van der Waals surface area contributed by atoms with Crippen molar-refractivity contribution in [2.45, 2.75) is 37.3 Å². The van der Waals surface area contributed by atoms with Crippen molar-refractivity contribution < 1.29 is 8.42 Å². The fourth-order valence-corrected chi connectivity index (χ4v) is 4.36. The van der Waals surface area contributed by atoms with Crippen LogP contribution < -0.4 is 0 Å². The van der Waals surface area contributed by atoms with Crippen molar-refractivity contribution in [1.29, 1.82) is 0 Å². The third kappa shape index (κ3) is 3.92. The Morgan fingerprint density at radius 1 is 1.29 bits per heavy atom. The van der Waals surface area contributed by atoms with Gasteiger partial charge in [-0.2, -0.15) is 8.42 Å². The van der Waals surface area contributed by atoms with E-state index in [0.29, 0.717) is 5.25 Å². The number of benzene rings is 1. The van der Waals surface area contributed by atoms with Crippen molar-refractivity contribution in [3.05, 3.63) is 29.8 Å². The molecule has 0 unspecified atom stereocenters. The molecule has 0 spiro atoms. The summed E-state index contributed by atoms with van der Waals surface area (Å²) in [5.41, 5.74) is 1.04. The molecule has 0 fully saturated rings. The number of sulfonamides is 1. The van der Waals surface area contributed by atoms with E-state index in [-0.39, 0.29) is 4.90 Å². The first-order chi connectivity index (χ1) is 7.86. The fourth-order valence-electron chi connectivity index (χ4n) is 1.22. The van der Waals surface area contributed by atoms with E-state index in [1.165, 1.54) is 0 Å². The molecule has 0 N–H and O–H groups in total. The minimum atomic E-state index is -3.49. The zero-order valence-corrected chi connectivity index (χ0v) is 12.3. The molecular formula is C12H19NO2S2. The lowest BCUT2D eigenvalue weighted by Crippen LogP contribution is -2.09. The maximum absolute atomic E-state index is 12.0. The highest BCUT2D eigenvalue weighted by atomic mass is 32.3. The first-order valence-electron chi connectivity index (χ1n) is 5.56. The summed E-state index contributed by atoms with van der Waals surface area (Å²) in [6.45, 7) is 6.00. The van der Waals surface area contributed by atoms with Crippen LogP contribution in [0.3, 0.4) is 0 Å². The first kappa shape index (κ1) is 14.4. The van der Waals surface area contributed by atoms with Crippen LogP contribution in [-0.4, -0.2) is 19.9 Å². The van der Waals surface area contributed by atoms with Crippen LogP contribution in [0, 0.1) is 6.92 Å². The molecule has 0 radical (unpaired) electrons. The molecule has 0 aliphatic carbocycles. The maximum atomic E-state index is 12.0. The molecular weight excluding hydrogens is 254 g/mol. The minimum Gasteiger partial charge on any atom is -0.199 e. The van der Waals surface area contributed by atoms with Gasteiger partial charge in [0.2, 0.25) is 0 Å². The van der Waals surface area contributed by atoms with E-state index in [0.717, 1.165) is 12.0 Å². The lowest BCUT2D eigenvalue weighted by Gasteiger charge is -2.09. The molecule has 1 rings (SSSR count). The third-order valence-electron chi connectivity index (χ3n) is 2.69. The quantitative estimate of drug-likeness (QED) is 0.846. The van der Waals surface area contributed by atoms with Gasteiger partial charge in [-0.15, -0.1) is 3.77 Å². The van der Waals surface area contributed by atoms with Crippen LogP contribution in [0.25, 0.3) is 0 Å². The van der Waals surface area contributed by atoms with Gasteiger partial charge in [0.25, 0.3) is 10.0 Å². The van der Waals surface area contributed by atoms with Crippen LogP contribution in [-0.2, 0) is 20.7 Å². The number of nitrogens with zero attached hydrogens (tertiary/aromatic N) is 1. The monoisotopic (exact) mass is 273 g/mol. The smallest absolute Gasteiger partial charge is 0.199 e. The predicted molar refractivity (Wildman–Crippen MR) is 73.8 cm³/mol. The molecule has 5 heteroatoms. The number of rotatable bonds is 4. The molecule has 17 heavy (non-hydrogen) atoms. The molecule has 2 atom stereocenters. The van der Waals surface area contributed by atoms with Crippen molar-refractivity contribution in [3.63, 3.8) is 0 Å². The summed E-state index contributed by atoms with van der Waals surface area (Å²) in [4.78, 5) is 0.283. The molecule has 0 saturated carbocycles. The molecule has 0 heterocycles. The third-order valence-corrected chi connectivity index (χ3v) is 6.78. The van der Waals surface area contributed by atoms with Gasteiger partial charge in [0.1, 0.15) is 0 Å². The summed E-state index contributed by atoms with van der Waals surface area (Å²) in [5, 5.41) is 0.301. The van der Waals surface area contributed by atoms with Gasteiger partial charge in [0.15, 0.2) is 0 Å². The van der Waals surface area contributed by atoms with Crippen molar-refractivity contribution in [2.75, 3.05) is 6.26 Å². The van der Waals surface area contributed by atoms with Crippen LogP contribution in [0.2, 0.25) is 0 Å². The van der Waals surface area contributed by atoms with E-state index < -0.39 is 20.7 Å². The summed E-state index contributed by atoms with van der Waals surface area (Å²) in [6.07, 6.45) is 2.81. The van der Waals surface area contributed by atoms with Gasteiger partial charge in [-0.05, 0) is 31.7 Å². The topological polar surface area (TPSA) is 46.5 Å². The van der Waals surface area contributed by atoms with Crippen LogP contribution in [0.15, 0.2) is 32.9 Å². The summed E-state index contributed by atoms with van der Waals surface area (Å²) >= 11 is 0. The van der Waals surface area contributed by atoms with Gasteiger partial charge in [-0.3, -0.25) is 0 Å². The van der Waals surface area contributed by atoms with E-state index in [1.807, 2.05) is 27.0 Å². The summed E-state index contributed by atoms with van der Waals surface area (Å²) < 4.78 is 28.0. The molecule has 96 valence electrons. The highest BCUT2D eigenvalue weighted by Crippen LogP contribution is 2.15. The van der Waals surface area contributed by atoms with Gasteiger partial charge >= 0.3 is 0 Å². The van der Waals surface area contributed by atoms with Gasteiger partial charge < -0.3 is 0 Å². The standard InChI is InChI=1S/C12H19NO2S2/c1-5-11(3)16(4)13-17(14,15)12-8-6-10(2)7-9-12/h6-9,11H,5H2,1-4H3/t11-,16-/m1/s1. The summed E-state index contributed by atoms with van der Waals surface area (Å²) in [6, 6.07) is 6.81. The van der Waals surface area contributed by atoms with Crippen molar-refractivity contribution in [2.24, 2.45) is 3.77 Å². The Hall–Kier alpha value is -0.680. The summed E-state index contributed by atoms with van der Waals surface area (Å²) in [7, 11) is -3.95. The Kier molecular flexibility index (Phi) is 4.89. The van der Waals surface area contributed by atoms with E-state index in [2.05, 4.69) is 3.77 Å². The van der Waals surface area contributed by atoms with E-state index in [4.69, 9.17) is 0 Å². The number of hydrogen-bond donors (Lipinski definition) is 0. The Morgan fingerprint density at radius 3 is 2.29 bits per heavy atom. The highest BCUT2D eigenvalue weighted by Gasteiger charge is 2.14. The second kappa shape index (κ2) is 5.78. The lowest BCUT2D eigenvalue weighted by atomic mass is 10.2. The SMILES string of the molecule is CC[C@@H](C)[S@@](C)=NS(=O)(=O)c1ccc(C)cc1. The van der Waals surface area contributed by atoms with E-state index in [9.17, 15) is 8.42 Å². The molecule has 0 amide bonds. The van der Waals surface area contributed by atoms with Crippen LogP contribution >= 0.6 is 0 Å². The second-order valence-electron chi connectivity index (χ2n) is 4.11. The minimum absolute atomic E-state index is 0.283. The van der Waals surface area contributed by atoms with Crippen LogP contribution in [0.1, 0.15) is 25.8 Å². The predicted octanol–water partition coefficient (Wildman–Crippen LogP) is 2.91. The molecule has 0 saturated heterocycles. The molecule has 0 aliphatic heterocycles. The normalized spacial score (nSPS) is 15.8. The Balaban J connectivity index is 3.08. The van der Waals surface area contributed by atoms with Crippen LogP contribution in [0.4, 0.5) is 0 Å². The average molecular weight is 273 g/mol. The lowest BCUT2D eigenvalue weighted by molar-refractivity contribution is 0.598. The molecule has 0 bridgehead atoms. The zero-order chi connectivity index (χ0) is 13.1. The Labute approximate surface area is 106 Å². The zero-order valence-electron chi connectivity index (χ0n) is 10.7. The van der Waals surface area contributed by atoms with E-state index in [1.54, 1.807) is 24.3 Å². The first-order valence-corrected chi connectivity index (χ1v) is 8.65. The molecule has 0 aliphatic rings. The van der Waals surface area contributed by atoms with Crippen molar-refractivity contribution >= 4 is 20.7 Å². The largest absolute Gasteiger partial charge is 0.287 e. The van der Waals surface area contributed by atoms with Gasteiger partial charge in [0.05, 0.1) is 4.90 Å². The Morgan fingerprint density at radius 2 is 1.82 bits per heavy atom. The summed E-state index contributed by atoms with van der Waals surface area (Å²) in [5.74, 6) is 0. The maximum Gasteiger partial charge on any atom is 0.287 e. The van der Waals surface area contributed by atoms with Crippen molar-refractivity contribution in [1.82, 2.24) is 0 Å². The van der Waals surface area contributed by atoms with Crippen LogP contribution in [0.5, 0.6) is 0 Å². The second-order valence-corrected chi connectivity index (χ2v) is 7.98. The fraction of sp³-hybridized carbons (Fsp3) is 0.500. The van der Waals surface area contributed by atoms with Crippen molar-refractivity contribution in [3.8, 4) is 0 Å². The number of aryl methyl sites for hydroxylation is 1. The molecule has 1 aromatic rings.